The van der Waals surface area contributed by atoms with Gasteiger partial charge in [0.2, 0.25) is 0 Å². The van der Waals surface area contributed by atoms with Gasteiger partial charge in [0.25, 0.3) is 0 Å². The maximum Gasteiger partial charge on any atom is 0.397 e. The van der Waals surface area contributed by atoms with Crippen molar-refractivity contribution in [3.8, 4) is 0 Å². The molecule has 0 unspecified atom stereocenters. The molecule has 0 atom stereocenters. The molecule has 1 rings (SSSR count). The molecule has 1 aliphatic rings. The predicted octanol–water partition coefficient (Wildman–Crippen LogP) is 3.74. The third kappa shape index (κ3) is 23.0. The van der Waals surface area contributed by atoms with Crippen molar-refractivity contribution >= 4 is 10.4 Å². The van der Waals surface area contributed by atoms with Crippen LogP contribution in [0.1, 0.15) is 71.1 Å². The van der Waals surface area contributed by atoms with Gasteiger partial charge in [-0.05, 0) is 6.42 Å². The average Bonchev–Trinajstić information content (AvgIpc) is 3.22. The summed E-state index contributed by atoms with van der Waals surface area (Å²) in [6.07, 6.45) is 11.9. The Labute approximate surface area is 124 Å². The predicted molar refractivity (Wildman–Crippen MR) is 80.2 cm³/mol. The Bertz CT molecular complexity index is 285. The lowest BCUT2D eigenvalue weighted by Gasteiger charge is -2.02. The molecule has 122 valence electrons. The second-order valence-electron chi connectivity index (χ2n) is 5.04. The SMILES string of the molecule is C1CO1.CCCCCCCCCCCCOS(=O)(=O)O. The normalized spacial score (nSPS) is 13.7. The van der Waals surface area contributed by atoms with Crippen LogP contribution in [0.25, 0.3) is 0 Å². The van der Waals surface area contributed by atoms with E-state index in [1.54, 1.807) is 0 Å². The molecule has 0 amide bonds. The summed E-state index contributed by atoms with van der Waals surface area (Å²) in [5.74, 6) is 0. The molecule has 0 bridgehead atoms. The van der Waals surface area contributed by atoms with E-state index in [2.05, 4.69) is 15.8 Å². The first-order valence-corrected chi connectivity index (χ1v) is 9.12. The molecule has 0 saturated carbocycles. The minimum atomic E-state index is -4.23. The quantitative estimate of drug-likeness (QED) is 0.337. The zero-order valence-electron chi connectivity index (χ0n) is 12.7. The summed E-state index contributed by atoms with van der Waals surface area (Å²) in [5.41, 5.74) is 0. The van der Waals surface area contributed by atoms with Gasteiger partial charge in [-0.1, -0.05) is 64.7 Å². The first-order chi connectivity index (χ1) is 9.56. The lowest BCUT2D eigenvalue weighted by atomic mass is 10.1. The molecule has 5 nitrogen and oxygen atoms in total. The Balaban J connectivity index is 0.00000105. The van der Waals surface area contributed by atoms with E-state index in [4.69, 9.17) is 4.55 Å². The number of rotatable bonds is 12. The van der Waals surface area contributed by atoms with Gasteiger partial charge in [0.15, 0.2) is 0 Å². The molecule has 1 fully saturated rings. The third-order valence-electron chi connectivity index (χ3n) is 2.93. The maximum atomic E-state index is 10.2. The fourth-order valence-corrected chi connectivity index (χ4v) is 2.08. The molecule has 20 heavy (non-hydrogen) atoms. The minimum Gasteiger partial charge on any atom is -0.377 e. The topological polar surface area (TPSA) is 76.1 Å². The minimum absolute atomic E-state index is 0.0926. The summed E-state index contributed by atoms with van der Waals surface area (Å²) in [6.45, 7) is 4.31. The van der Waals surface area contributed by atoms with E-state index in [0.29, 0.717) is 6.42 Å². The largest absolute Gasteiger partial charge is 0.397 e. The van der Waals surface area contributed by atoms with Gasteiger partial charge < -0.3 is 4.74 Å². The van der Waals surface area contributed by atoms with E-state index in [-0.39, 0.29) is 6.61 Å². The van der Waals surface area contributed by atoms with Crippen molar-refractivity contribution in [1.82, 2.24) is 0 Å². The molecule has 1 aliphatic heterocycles. The smallest absolute Gasteiger partial charge is 0.377 e. The van der Waals surface area contributed by atoms with Crippen molar-refractivity contribution in [2.75, 3.05) is 19.8 Å². The second-order valence-corrected chi connectivity index (χ2v) is 6.14. The zero-order valence-corrected chi connectivity index (χ0v) is 13.5. The number of epoxide rings is 1. The first-order valence-electron chi connectivity index (χ1n) is 7.76. The molecule has 0 aromatic carbocycles. The van der Waals surface area contributed by atoms with Crippen LogP contribution in [0, 0.1) is 0 Å². The lowest BCUT2D eigenvalue weighted by molar-refractivity contribution is 0.261. The van der Waals surface area contributed by atoms with Gasteiger partial charge in [-0.25, -0.2) is 4.18 Å². The van der Waals surface area contributed by atoms with E-state index < -0.39 is 10.4 Å². The maximum absolute atomic E-state index is 10.2. The highest BCUT2D eigenvalue weighted by atomic mass is 32.3. The third-order valence-corrected chi connectivity index (χ3v) is 3.40. The van der Waals surface area contributed by atoms with Gasteiger partial charge >= 0.3 is 10.4 Å². The van der Waals surface area contributed by atoms with Gasteiger partial charge in [-0.15, -0.1) is 0 Å². The van der Waals surface area contributed by atoms with Crippen molar-refractivity contribution in [3.05, 3.63) is 0 Å². The molecule has 1 N–H and O–H groups in total. The summed E-state index contributed by atoms with van der Waals surface area (Å²) >= 11 is 0. The van der Waals surface area contributed by atoms with Crippen LogP contribution < -0.4 is 0 Å². The second kappa shape index (κ2) is 13.8. The number of unbranched alkanes of at least 4 members (excludes halogenated alkanes) is 9. The van der Waals surface area contributed by atoms with Crippen LogP contribution >= 0.6 is 0 Å². The van der Waals surface area contributed by atoms with Crippen molar-refractivity contribution in [1.29, 1.82) is 0 Å². The highest BCUT2D eigenvalue weighted by molar-refractivity contribution is 7.80. The standard InChI is InChI=1S/C12H26O4S.C2H4O/c1-2-3-4-5-6-7-8-9-10-11-12-16-17(13,14)15;1-2-3-1/h2-12H2,1H3,(H,13,14,15);1-2H2. The Morgan fingerprint density at radius 2 is 1.30 bits per heavy atom. The van der Waals surface area contributed by atoms with E-state index in [9.17, 15) is 8.42 Å². The van der Waals surface area contributed by atoms with Crippen LogP contribution in [-0.4, -0.2) is 32.8 Å². The molecular formula is C14H30O5S. The Hall–Kier alpha value is -0.170. The summed E-state index contributed by atoms with van der Waals surface area (Å²) in [4.78, 5) is 0. The highest BCUT2D eigenvalue weighted by Gasteiger charge is 2.02. The molecule has 0 aliphatic carbocycles. The highest BCUT2D eigenvalue weighted by Crippen LogP contribution is 2.10. The molecule has 0 aromatic rings. The van der Waals surface area contributed by atoms with Gasteiger partial charge in [-0.3, -0.25) is 4.55 Å². The first kappa shape index (κ1) is 19.8. The Morgan fingerprint density at radius 1 is 0.900 bits per heavy atom. The van der Waals surface area contributed by atoms with Crippen LogP contribution in [0.3, 0.4) is 0 Å². The molecule has 0 spiro atoms. The van der Waals surface area contributed by atoms with E-state index >= 15 is 0 Å². The fourth-order valence-electron chi connectivity index (χ4n) is 1.75. The summed E-state index contributed by atoms with van der Waals surface area (Å²) in [5, 5.41) is 0. The molecule has 1 saturated heterocycles. The van der Waals surface area contributed by atoms with Crippen molar-refractivity contribution in [2.24, 2.45) is 0 Å². The van der Waals surface area contributed by atoms with Crippen LogP contribution in [0.5, 0.6) is 0 Å². The average molecular weight is 310 g/mol. The fraction of sp³-hybridized carbons (Fsp3) is 1.00. The van der Waals surface area contributed by atoms with Crippen molar-refractivity contribution in [2.45, 2.75) is 71.1 Å². The summed E-state index contributed by atoms with van der Waals surface area (Å²) in [7, 11) is -4.23. The van der Waals surface area contributed by atoms with Gasteiger partial charge in [-0.2, -0.15) is 8.42 Å². The number of hydrogen-bond acceptors (Lipinski definition) is 4. The summed E-state index contributed by atoms with van der Waals surface area (Å²) < 4.78 is 37.5. The van der Waals surface area contributed by atoms with Crippen LogP contribution in [0.4, 0.5) is 0 Å². The van der Waals surface area contributed by atoms with E-state index in [0.717, 1.165) is 26.1 Å². The Morgan fingerprint density at radius 3 is 1.65 bits per heavy atom. The van der Waals surface area contributed by atoms with Gasteiger partial charge in [0.1, 0.15) is 0 Å². The molecule has 0 aromatic heterocycles. The van der Waals surface area contributed by atoms with Crippen molar-refractivity contribution in [3.63, 3.8) is 0 Å². The Kier molecular flexibility index (Phi) is 13.7. The number of hydrogen-bond donors (Lipinski definition) is 1. The zero-order chi connectivity index (χ0) is 15.1. The van der Waals surface area contributed by atoms with Crippen LogP contribution in [-0.2, 0) is 19.3 Å². The lowest BCUT2D eigenvalue weighted by Crippen LogP contribution is -2.04. The van der Waals surface area contributed by atoms with Crippen LogP contribution in [0.2, 0.25) is 0 Å². The molecule has 0 radical (unpaired) electrons. The monoisotopic (exact) mass is 310 g/mol. The van der Waals surface area contributed by atoms with E-state index in [1.165, 1.54) is 44.9 Å². The van der Waals surface area contributed by atoms with Crippen LogP contribution in [0.15, 0.2) is 0 Å². The molecular weight excluding hydrogens is 280 g/mol. The number of ether oxygens (including phenoxy) is 1. The van der Waals surface area contributed by atoms with E-state index in [1.807, 2.05) is 0 Å². The summed E-state index contributed by atoms with van der Waals surface area (Å²) in [6, 6.07) is 0. The van der Waals surface area contributed by atoms with Gasteiger partial charge in [0, 0.05) is 0 Å². The molecule has 1 heterocycles. The van der Waals surface area contributed by atoms with Crippen molar-refractivity contribution < 1.29 is 21.9 Å². The van der Waals surface area contributed by atoms with Gasteiger partial charge in [0.05, 0.1) is 19.8 Å². The molecule has 6 heteroatoms.